The minimum atomic E-state index is -1.20. The van der Waals surface area contributed by atoms with E-state index < -0.39 is 5.41 Å². The predicted octanol–water partition coefficient (Wildman–Crippen LogP) is 2.06. The first-order valence-electron chi connectivity index (χ1n) is 10.9. The van der Waals surface area contributed by atoms with Gasteiger partial charge in [-0.2, -0.15) is 0 Å². The van der Waals surface area contributed by atoms with Crippen molar-refractivity contribution in [1.29, 1.82) is 0 Å². The molecule has 2 aliphatic rings. The standard InChI is InChI=1S/C25H27N3O4/c1-26-22(30)16-25(24(26)32,17-23(31)28-13-5-12-27(18-29)14-15-28)21-10-8-20(9-11-21)19-6-3-2-4-7-19/h2-4,6-11,18H,5,12-17H2,1H3. The number of carbonyl (C=O) groups is 4. The van der Waals surface area contributed by atoms with E-state index in [0.717, 1.165) is 22.4 Å². The van der Waals surface area contributed by atoms with E-state index >= 15 is 0 Å². The van der Waals surface area contributed by atoms with E-state index in [0.29, 0.717) is 38.2 Å². The Kier molecular flexibility index (Phi) is 6.08. The van der Waals surface area contributed by atoms with Gasteiger partial charge in [-0.25, -0.2) is 0 Å². The fourth-order valence-corrected chi connectivity index (χ4v) is 4.63. The maximum atomic E-state index is 13.3. The van der Waals surface area contributed by atoms with E-state index in [1.165, 1.54) is 7.05 Å². The van der Waals surface area contributed by atoms with Crippen molar-refractivity contribution in [1.82, 2.24) is 14.7 Å². The van der Waals surface area contributed by atoms with Crippen LogP contribution in [0, 0.1) is 0 Å². The molecule has 2 aliphatic heterocycles. The molecule has 32 heavy (non-hydrogen) atoms. The molecule has 0 radical (unpaired) electrons. The van der Waals surface area contributed by atoms with Crippen LogP contribution in [0.4, 0.5) is 0 Å². The second kappa shape index (κ2) is 8.94. The Morgan fingerprint density at radius 1 is 0.938 bits per heavy atom. The molecule has 0 aliphatic carbocycles. The van der Waals surface area contributed by atoms with Crippen molar-refractivity contribution in [3.05, 3.63) is 60.2 Å². The smallest absolute Gasteiger partial charge is 0.240 e. The molecular formula is C25H27N3O4. The molecule has 2 aromatic rings. The normalized spacial score (nSPS) is 21.6. The Bertz CT molecular complexity index is 1020. The molecule has 0 spiro atoms. The van der Waals surface area contributed by atoms with Crippen molar-refractivity contribution in [2.75, 3.05) is 33.2 Å². The molecule has 7 nitrogen and oxygen atoms in total. The van der Waals surface area contributed by atoms with Crippen molar-refractivity contribution in [3.63, 3.8) is 0 Å². The SMILES string of the molecule is CN1C(=O)CC(CC(=O)N2CCCN(C=O)CC2)(c2ccc(-c3ccccc3)cc2)C1=O. The van der Waals surface area contributed by atoms with Crippen LogP contribution in [0.5, 0.6) is 0 Å². The molecule has 2 saturated heterocycles. The van der Waals surface area contributed by atoms with Gasteiger partial charge in [0.2, 0.25) is 24.1 Å². The number of rotatable bonds is 5. The molecule has 0 N–H and O–H groups in total. The van der Waals surface area contributed by atoms with Gasteiger partial charge < -0.3 is 9.80 Å². The summed E-state index contributed by atoms with van der Waals surface area (Å²) in [6, 6.07) is 17.5. The van der Waals surface area contributed by atoms with Crippen LogP contribution in [0.25, 0.3) is 11.1 Å². The lowest BCUT2D eigenvalue weighted by atomic mass is 9.75. The van der Waals surface area contributed by atoms with Gasteiger partial charge >= 0.3 is 0 Å². The quantitative estimate of drug-likeness (QED) is 0.534. The number of likely N-dealkylation sites (tertiary alicyclic amines) is 1. The van der Waals surface area contributed by atoms with Crippen LogP contribution in [-0.4, -0.2) is 72.1 Å². The van der Waals surface area contributed by atoms with Gasteiger partial charge in [0.05, 0.1) is 5.41 Å². The summed E-state index contributed by atoms with van der Waals surface area (Å²) >= 11 is 0. The summed E-state index contributed by atoms with van der Waals surface area (Å²) in [4.78, 5) is 54.6. The maximum Gasteiger partial charge on any atom is 0.240 e. The Morgan fingerprint density at radius 2 is 1.62 bits per heavy atom. The predicted molar refractivity (Wildman–Crippen MR) is 119 cm³/mol. The Balaban J connectivity index is 1.62. The summed E-state index contributed by atoms with van der Waals surface area (Å²) in [6.07, 6.45) is 1.41. The topological polar surface area (TPSA) is 78.0 Å². The first-order valence-corrected chi connectivity index (χ1v) is 10.9. The van der Waals surface area contributed by atoms with Gasteiger partial charge in [0, 0.05) is 46.1 Å². The summed E-state index contributed by atoms with van der Waals surface area (Å²) in [5.41, 5.74) is 1.54. The van der Waals surface area contributed by atoms with Crippen LogP contribution in [0.15, 0.2) is 54.6 Å². The molecule has 1 unspecified atom stereocenters. The van der Waals surface area contributed by atoms with E-state index in [4.69, 9.17) is 0 Å². The molecule has 166 valence electrons. The van der Waals surface area contributed by atoms with E-state index in [1.54, 1.807) is 9.80 Å². The zero-order valence-electron chi connectivity index (χ0n) is 18.2. The third-order valence-corrected chi connectivity index (χ3v) is 6.57. The van der Waals surface area contributed by atoms with Crippen LogP contribution < -0.4 is 0 Å². The highest BCUT2D eigenvalue weighted by molar-refractivity contribution is 6.10. The maximum absolute atomic E-state index is 13.3. The number of hydrogen-bond acceptors (Lipinski definition) is 4. The molecule has 1 atom stereocenters. The molecule has 7 heteroatoms. The third-order valence-electron chi connectivity index (χ3n) is 6.57. The van der Waals surface area contributed by atoms with Crippen molar-refractivity contribution >= 4 is 24.1 Å². The second-order valence-corrected chi connectivity index (χ2v) is 8.51. The summed E-state index contributed by atoms with van der Waals surface area (Å²) in [5.74, 6) is -0.785. The highest BCUT2D eigenvalue weighted by atomic mass is 16.2. The minimum absolute atomic E-state index is 0.0208. The molecule has 0 saturated carbocycles. The number of likely N-dealkylation sites (N-methyl/N-ethyl adjacent to an activating group) is 1. The van der Waals surface area contributed by atoms with Gasteiger partial charge in [-0.3, -0.25) is 24.1 Å². The summed E-state index contributed by atoms with van der Waals surface area (Å²) in [6.45, 7) is 2.04. The molecule has 0 aromatic heterocycles. The monoisotopic (exact) mass is 433 g/mol. The zero-order chi connectivity index (χ0) is 22.7. The number of carbonyl (C=O) groups excluding carboxylic acids is 4. The Morgan fingerprint density at radius 3 is 2.25 bits per heavy atom. The summed E-state index contributed by atoms with van der Waals surface area (Å²) in [5, 5.41) is 0. The van der Waals surface area contributed by atoms with Gasteiger partial charge in [0.15, 0.2) is 0 Å². The number of benzene rings is 2. The fraction of sp³-hybridized carbons (Fsp3) is 0.360. The molecule has 0 bridgehead atoms. The largest absolute Gasteiger partial charge is 0.343 e. The molecule has 2 heterocycles. The van der Waals surface area contributed by atoms with Gasteiger partial charge in [0.1, 0.15) is 0 Å². The third kappa shape index (κ3) is 4.02. The first kappa shape index (κ1) is 21.7. The van der Waals surface area contributed by atoms with E-state index in [1.807, 2.05) is 54.6 Å². The van der Waals surface area contributed by atoms with E-state index in [9.17, 15) is 19.2 Å². The number of hydrogen-bond donors (Lipinski definition) is 0. The number of amides is 4. The van der Waals surface area contributed by atoms with E-state index in [-0.39, 0.29) is 30.6 Å². The summed E-state index contributed by atoms with van der Waals surface area (Å²) in [7, 11) is 1.48. The van der Waals surface area contributed by atoms with Gasteiger partial charge in [0.25, 0.3) is 0 Å². The molecule has 4 rings (SSSR count). The van der Waals surface area contributed by atoms with Crippen molar-refractivity contribution in [2.24, 2.45) is 0 Å². The van der Waals surface area contributed by atoms with Crippen LogP contribution in [0.2, 0.25) is 0 Å². The first-order chi connectivity index (χ1) is 15.4. The molecule has 2 fully saturated rings. The Hall–Kier alpha value is -3.48. The molecule has 2 aromatic carbocycles. The van der Waals surface area contributed by atoms with Crippen molar-refractivity contribution in [2.45, 2.75) is 24.7 Å². The number of nitrogens with zero attached hydrogens (tertiary/aromatic N) is 3. The lowest BCUT2D eigenvalue weighted by Gasteiger charge is -2.30. The lowest BCUT2D eigenvalue weighted by Crippen LogP contribution is -2.43. The van der Waals surface area contributed by atoms with Gasteiger partial charge in [-0.15, -0.1) is 0 Å². The van der Waals surface area contributed by atoms with Crippen LogP contribution in [0.1, 0.15) is 24.8 Å². The zero-order valence-corrected chi connectivity index (χ0v) is 18.2. The van der Waals surface area contributed by atoms with Crippen molar-refractivity contribution in [3.8, 4) is 11.1 Å². The van der Waals surface area contributed by atoms with Gasteiger partial charge in [-0.1, -0.05) is 54.6 Å². The highest BCUT2D eigenvalue weighted by Crippen LogP contribution is 2.40. The fourth-order valence-electron chi connectivity index (χ4n) is 4.63. The number of imide groups is 1. The van der Waals surface area contributed by atoms with Gasteiger partial charge in [-0.05, 0) is 23.1 Å². The summed E-state index contributed by atoms with van der Waals surface area (Å²) < 4.78 is 0. The second-order valence-electron chi connectivity index (χ2n) is 8.51. The molecule has 4 amide bonds. The highest BCUT2D eigenvalue weighted by Gasteiger charge is 2.52. The Labute approximate surface area is 187 Å². The average Bonchev–Trinajstić information content (AvgIpc) is 3.00. The minimum Gasteiger partial charge on any atom is -0.343 e. The average molecular weight is 434 g/mol. The van der Waals surface area contributed by atoms with Crippen molar-refractivity contribution < 1.29 is 19.2 Å². The lowest BCUT2D eigenvalue weighted by molar-refractivity contribution is -0.141. The van der Waals surface area contributed by atoms with Crippen LogP contribution >= 0.6 is 0 Å². The van der Waals surface area contributed by atoms with Crippen LogP contribution in [-0.2, 0) is 24.6 Å². The van der Waals surface area contributed by atoms with Crippen LogP contribution in [0.3, 0.4) is 0 Å². The molecular weight excluding hydrogens is 406 g/mol. The van der Waals surface area contributed by atoms with E-state index in [2.05, 4.69) is 0 Å².